The van der Waals surface area contributed by atoms with Gasteiger partial charge in [0.05, 0.1) is 26.1 Å². The van der Waals surface area contributed by atoms with E-state index in [1.54, 1.807) is 0 Å². The average Bonchev–Trinajstić information content (AvgIpc) is 2.86. The van der Waals surface area contributed by atoms with Gasteiger partial charge in [-0.2, -0.15) is 0 Å². The predicted molar refractivity (Wildman–Crippen MR) is 58.7 cm³/mol. The number of hydrogen-bond donors (Lipinski definition) is 0. The molecule has 3 aliphatic carbocycles. The summed E-state index contributed by atoms with van der Waals surface area (Å²) in [5, 5.41) is 0. The van der Waals surface area contributed by atoms with Gasteiger partial charge in [0.25, 0.3) is 0 Å². The molecule has 2 bridgehead atoms. The van der Waals surface area contributed by atoms with Crippen molar-refractivity contribution in [3.05, 3.63) is 12.2 Å². The summed E-state index contributed by atoms with van der Waals surface area (Å²) in [6, 6.07) is 0. The molecular weight excluding hydrogens is 220 g/mol. The van der Waals surface area contributed by atoms with Crippen molar-refractivity contribution in [2.75, 3.05) is 14.2 Å². The van der Waals surface area contributed by atoms with E-state index in [1.165, 1.54) is 14.2 Å². The normalized spacial score (nSPS) is 45.1. The van der Waals surface area contributed by atoms with E-state index in [1.807, 2.05) is 0 Å². The molecule has 0 radical (unpaired) electrons. The Labute approximate surface area is 100.0 Å². The van der Waals surface area contributed by atoms with Crippen molar-refractivity contribution in [2.24, 2.45) is 35.5 Å². The van der Waals surface area contributed by atoms with Crippen molar-refractivity contribution >= 4 is 11.9 Å². The van der Waals surface area contributed by atoms with Crippen LogP contribution in [-0.2, 0) is 19.1 Å². The lowest BCUT2D eigenvalue weighted by atomic mass is 9.53. The Morgan fingerprint density at radius 3 is 1.71 bits per heavy atom. The van der Waals surface area contributed by atoms with E-state index in [2.05, 4.69) is 12.2 Å². The summed E-state index contributed by atoms with van der Waals surface area (Å²) in [6.07, 6.45) is 5.46. The minimum atomic E-state index is -0.294. The molecule has 0 heterocycles. The van der Waals surface area contributed by atoms with E-state index in [0.29, 0.717) is 23.7 Å². The molecule has 0 saturated heterocycles. The number of carbonyl (C=O) groups excluding carboxylic acids is 2. The predicted octanol–water partition coefficient (Wildman–Crippen LogP) is 1.02. The maximum absolute atomic E-state index is 11.8. The minimum Gasteiger partial charge on any atom is -0.469 e. The van der Waals surface area contributed by atoms with Crippen LogP contribution in [0.5, 0.6) is 0 Å². The monoisotopic (exact) mass is 236 g/mol. The van der Waals surface area contributed by atoms with E-state index in [4.69, 9.17) is 9.47 Å². The lowest BCUT2D eigenvalue weighted by molar-refractivity contribution is -0.179. The molecule has 4 nitrogen and oxygen atoms in total. The van der Waals surface area contributed by atoms with Gasteiger partial charge >= 0.3 is 11.9 Å². The Kier molecular flexibility index (Phi) is 2.28. The fourth-order valence-corrected chi connectivity index (χ4v) is 4.12. The summed E-state index contributed by atoms with van der Waals surface area (Å²) >= 11 is 0. The molecule has 3 rings (SSSR count). The number of ether oxygens (including phenoxy) is 2. The molecular formula is C13H16O4. The molecule has 2 saturated carbocycles. The highest BCUT2D eigenvalue weighted by molar-refractivity contribution is 5.85. The van der Waals surface area contributed by atoms with Crippen LogP contribution in [-0.4, -0.2) is 26.2 Å². The topological polar surface area (TPSA) is 52.6 Å². The van der Waals surface area contributed by atoms with Gasteiger partial charge in [-0.25, -0.2) is 0 Å². The first-order chi connectivity index (χ1) is 8.19. The summed E-state index contributed by atoms with van der Waals surface area (Å²) in [6.45, 7) is 0. The average molecular weight is 236 g/mol. The lowest BCUT2D eigenvalue weighted by Gasteiger charge is -2.49. The van der Waals surface area contributed by atoms with Gasteiger partial charge in [0, 0.05) is 0 Å². The molecule has 0 amide bonds. The lowest BCUT2D eigenvalue weighted by Crippen LogP contribution is -2.56. The van der Waals surface area contributed by atoms with Gasteiger partial charge in [-0.1, -0.05) is 12.2 Å². The highest BCUT2D eigenvalue weighted by Gasteiger charge is 2.66. The minimum absolute atomic E-state index is 0.261. The van der Waals surface area contributed by atoms with Crippen LogP contribution in [0.1, 0.15) is 6.42 Å². The Morgan fingerprint density at radius 2 is 1.35 bits per heavy atom. The maximum atomic E-state index is 11.8. The second-order valence-electron chi connectivity index (χ2n) is 5.20. The first-order valence-corrected chi connectivity index (χ1v) is 6.03. The number of allylic oxidation sites excluding steroid dienone is 2. The summed E-state index contributed by atoms with van der Waals surface area (Å²) in [5.41, 5.74) is 0. The first kappa shape index (κ1) is 10.8. The highest BCUT2D eigenvalue weighted by Crippen LogP contribution is 2.64. The second-order valence-corrected chi connectivity index (χ2v) is 5.20. The fraction of sp³-hybridized carbons (Fsp3) is 0.692. The zero-order valence-electron chi connectivity index (χ0n) is 9.96. The van der Waals surface area contributed by atoms with Gasteiger partial charge in [-0.05, 0) is 30.1 Å². The molecule has 0 aromatic rings. The smallest absolute Gasteiger partial charge is 0.309 e. The summed E-state index contributed by atoms with van der Waals surface area (Å²) < 4.78 is 9.65. The van der Waals surface area contributed by atoms with Crippen LogP contribution in [0.4, 0.5) is 0 Å². The van der Waals surface area contributed by atoms with Gasteiger partial charge in [-0.15, -0.1) is 0 Å². The van der Waals surface area contributed by atoms with E-state index in [-0.39, 0.29) is 23.8 Å². The third-order valence-corrected chi connectivity index (χ3v) is 4.75. The summed E-state index contributed by atoms with van der Waals surface area (Å²) in [4.78, 5) is 23.6. The van der Waals surface area contributed by atoms with Gasteiger partial charge < -0.3 is 9.47 Å². The summed E-state index contributed by atoms with van der Waals surface area (Å²) in [5.74, 6) is 0.383. The second kappa shape index (κ2) is 3.59. The van der Waals surface area contributed by atoms with Crippen molar-refractivity contribution in [3.63, 3.8) is 0 Å². The zero-order chi connectivity index (χ0) is 12.2. The standard InChI is InChI=1S/C13H16O4/c1-16-12(14)10-8-6-3-4-7(5-6)9(8)11(10)13(15)17-2/h3-4,6-11H,5H2,1-2H3/t6?,7?,8?,9?,10-,11-/m0/s1. The maximum Gasteiger partial charge on any atom is 0.309 e. The largest absolute Gasteiger partial charge is 0.469 e. The Hall–Kier alpha value is -1.32. The molecule has 0 aromatic heterocycles. The van der Waals surface area contributed by atoms with Crippen LogP contribution in [0.2, 0.25) is 0 Å². The number of methoxy groups -OCH3 is 2. The van der Waals surface area contributed by atoms with E-state index in [9.17, 15) is 9.59 Å². The molecule has 0 aliphatic heterocycles. The van der Waals surface area contributed by atoms with Crippen LogP contribution in [0.3, 0.4) is 0 Å². The number of carbonyl (C=O) groups is 2. The van der Waals surface area contributed by atoms with Gasteiger partial charge in [-0.3, -0.25) is 9.59 Å². The van der Waals surface area contributed by atoms with Gasteiger partial charge in [0.1, 0.15) is 0 Å². The van der Waals surface area contributed by atoms with Crippen molar-refractivity contribution in [1.82, 2.24) is 0 Å². The number of hydrogen-bond acceptors (Lipinski definition) is 4. The highest BCUT2D eigenvalue weighted by atomic mass is 16.5. The summed E-state index contributed by atoms with van der Waals surface area (Å²) in [7, 11) is 2.76. The van der Waals surface area contributed by atoms with Crippen LogP contribution in [0.15, 0.2) is 12.2 Å². The van der Waals surface area contributed by atoms with Gasteiger partial charge in [0.15, 0.2) is 0 Å². The van der Waals surface area contributed by atoms with Crippen LogP contribution >= 0.6 is 0 Å². The molecule has 6 atom stereocenters. The number of rotatable bonds is 2. The van der Waals surface area contributed by atoms with Crippen LogP contribution in [0, 0.1) is 35.5 Å². The zero-order valence-corrected chi connectivity index (χ0v) is 9.96. The Bertz CT molecular complexity index is 364. The molecule has 92 valence electrons. The van der Waals surface area contributed by atoms with E-state index < -0.39 is 0 Å². The molecule has 2 fully saturated rings. The molecule has 0 spiro atoms. The van der Waals surface area contributed by atoms with Crippen molar-refractivity contribution < 1.29 is 19.1 Å². The molecule has 0 N–H and O–H groups in total. The molecule has 4 heteroatoms. The third kappa shape index (κ3) is 1.24. The van der Waals surface area contributed by atoms with E-state index >= 15 is 0 Å². The first-order valence-electron chi connectivity index (χ1n) is 6.03. The number of esters is 2. The molecule has 17 heavy (non-hydrogen) atoms. The van der Waals surface area contributed by atoms with E-state index in [0.717, 1.165) is 6.42 Å². The molecule has 3 aliphatic rings. The van der Waals surface area contributed by atoms with Gasteiger partial charge in [0.2, 0.25) is 0 Å². The fourth-order valence-electron chi connectivity index (χ4n) is 4.12. The van der Waals surface area contributed by atoms with Crippen LogP contribution in [0.25, 0.3) is 0 Å². The van der Waals surface area contributed by atoms with Crippen molar-refractivity contribution in [2.45, 2.75) is 6.42 Å². The number of fused-ring (bicyclic) bond motifs is 5. The third-order valence-electron chi connectivity index (χ3n) is 4.75. The Balaban J connectivity index is 1.89. The van der Waals surface area contributed by atoms with Crippen LogP contribution < -0.4 is 0 Å². The van der Waals surface area contributed by atoms with Crippen molar-refractivity contribution in [1.29, 1.82) is 0 Å². The Morgan fingerprint density at radius 1 is 0.941 bits per heavy atom. The quantitative estimate of drug-likeness (QED) is 0.530. The SMILES string of the molecule is COC(=O)[C@H]1C2C3C=CC(C3)C2[C@@H]1C(=O)OC. The molecule has 0 aromatic carbocycles. The van der Waals surface area contributed by atoms with Crippen molar-refractivity contribution in [3.8, 4) is 0 Å². The molecule has 4 unspecified atom stereocenters.